The van der Waals surface area contributed by atoms with Gasteiger partial charge < -0.3 is 20.6 Å². The summed E-state index contributed by atoms with van der Waals surface area (Å²) in [6.45, 7) is 4.02. The highest BCUT2D eigenvalue weighted by molar-refractivity contribution is 5.92. The number of hydrogen-bond acceptors (Lipinski definition) is 4. The third kappa shape index (κ3) is 4.95. The summed E-state index contributed by atoms with van der Waals surface area (Å²) < 4.78 is 0. The monoisotopic (exact) mass is 345 g/mol. The number of benzene rings is 1. The molecule has 1 aromatic carbocycles. The first-order valence-corrected chi connectivity index (χ1v) is 9.20. The molecule has 1 aliphatic carbocycles. The van der Waals surface area contributed by atoms with Crippen molar-refractivity contribution >= 4 is 23.3 Å². The van der Waals surface area contributed by atoms with Gasteiger partial charge in [-0.25, -0.2) is 0 Å². The fourth-order valence-corrected chi connectivity index (χ4v) is 3.80. The lowest BCUT2D eigenvalue weighted by Crippen LogP contribution is -2.43. The number of anilines is 2. The summed E-state index contributed by atoms with van der Waals surface area (Å²) in [6, 6.07) is 8.05. The number of carboxylic acids is 1. The van der Waals surface area contributed by atoms with Gasteiger partial charge >= 0.3 is 5.97 Å². The van der Waals surface area contributed by atoms with Crippen LogP contribution in [0.15, 0.2) is 24.3 Å². The molecule has 1 aliphatic heterocycles. The van der Waals surface area contributed by atoms with E-state index < -0.39 is 5.97 Å². The molecule has 2 aliphatic rings. The summed E-state index contributed by atoms with van der Waals surface area (Å²) >= 11 is 0. The number of carboxylic acid groups (broad SMARTS) is 1. The van der Waals surface area contributed by atoms with Gasteiger partial charge in [-0.05, 0) is 55.9 Å². The van der Waals surface area contributed by atoms with Crippen LogP contribution in [0.1, 0.15) is 32.1 Å². The van der Waals surface area contributed by atoms with Gasteiger partial charge in [0, 0.05) is 49.9 Å². The van der Waals surface area contributed by atoms with E-state index in [1.54, 1.807) is 0 Å². The fourth-order valence-electron chi connectivity index (χ4n) is 3.80. The smallest absolute Gasteiger partial charge is 0.303 e. The lowest BCUT2D eigenvalue weighted by atomic mass is 9.80. The van der Waals surface area contributed by atoms with Crippen molar-refractivity contribution in [3.63, 3.8) is 0 Å². The van der Waals surface area contributed by atoms with Crippen LogP contribution in [0.25, 0.3) is 0 Å². The number of carbonyl (C=O) groups is 2. The number of amides is 1. The van der Waals surface area contributed by atoms with Crippen LogP contribution in [-0.4, -0.2) is 43.2 Å². The van der Waals surface area contributed by atoms with E-state index in [-0.39, 0.29) is 24.2 Å². The summed E-state index contributed by atoms with van der Waals surface area (Å²) in [5, 5.41) is 15.2. The second kappa shape index (κ2) is 8.34. The Morgan fingerprint density at radius 3 is 2.32 bits per heavy atom. The van der Waals surface area contributed by atoms with Crippen molar-refractivity contribution in [3.05, 3.63) is 24.3 Å². The molecule has 1 saturated heterocycles. The molecule has 1 heterocycles. The third-order valence-corrected chi connectivity index (χ3v) is 5.30. The molecular formula is C19H27N3O3. The molecular weight excluding hydrogens is 318 g/mol. The lowest BCUT2D eigenvalue weighted by molar-refractivity contribution is -0.138. The topological polar surface area (TPSA) is 81.7 Å². The van der Waals surface area contributed by atoms with Gasteiger partial charge in [0.05, 0.1) is 0 Å². The molecule has 2 fully saturated rings. The average Bonchev–Trinajstić information content (AvgIpc) is 2.63. The molecule has 1 amide bonds. The average molecular weight is 345 g/mol. The maximum absolute atomic E-state index is 12.4. The van der Waals surface area contributed by atoms with Crippen LogP contribution in [0.4, 0.5) is 11.4 Å². The van der Waals surface area contributed by atoms with Crippen LogP contribution < -0.4 is 15.5 Å². The number of nitrogens with one attached hydrogen (secondary N) is 2. The molecule has 3 rings (SSSR count). The Balaban J connectivity index is 1.49. The fraction of sp³-hybridized carbons (Fsp3) is 0.579. The van der Waals surface area contributed by atoms with Crippen molar-refractivity contribution in [1.82, 2.24) is 5.32 Å². The summed E-state index contributed by atoms with van der Waals surface area (Å²) in [4.78, 5) is 25.6. The van der Waals surface area contributed by atoms with Gasteiger partial charge in [0.25, 0.3) is 0 Å². The molecule has 0 spiro atoms. The van der Waals surface area contributed by atoms with E-state index in [0.29, 0.717) is 0 Å². The standard InChI is InChI=1S/C19H27N3O3/c23-18(24)13-14-1-3-15(4-2-14)19(25)21-16-5-7-17(8-6-16)22-11-9-20-10-12-22/h5-8,14-15,20H,1-4,9-13H2,(H,21,25)(H,23,24). The number of nitrogens with zero attached hydrogens (tertiary/aromatic N) is 1. The molecule has 0 bridgehead atoms. The van der Waals surface area contributed by atoms with E-state index in [0.717, 1.165) is 57.5 Å². The third-order valence-electron chi connectivity index (χ3n) is 5.30. The maximum atomic E-state index is 12.4. The van der Waals surface area contributed by atoms with E-state index in [9.17, 15) is 9.59 Å². The van der Waals surface area contributed by atoms with Crippen molar-refractivity contribution in [2.45, 2.75) is 32.1 Å². The lowest BCUT2D eigenvalue weighted by Gasteiger charge is -2.29. The first-order chi connectivity index (χ1) is 12.1. The van der Waals surface area contributed by atoms with Gasteiger partial charge in [0.1, 0.15) is 0 Å². The second-order valence-electron chi connectivity index (χ2n) is 7.09. The molecule has 3 N–H and O–H groups in total. The Morgan fingerprint density at radius 1 is 1.08 bits per heavy atom. The van der Waals surface area contributed by atoms with Crippen LogP contribution in [0.5, 0.6) is 0 Å². The first-order valence-electron chi connectivity index (χ1n) is 9.20. The van der Waals surface area contributed by atoms with E-state index in [4.69, 9.17) is 5.11 Å². The Hall–Kier alpha value is -2.08. The molecule has 136 valence electrons. The number of piperazine rings is 1. The highest BCUT2D eigenvalue weighted by Crippen LogP contribution is 2.31. The summed E-state index contributed by atoms with van der Waals surface area (Å²) in [7, 11) is 0. The zero-order valence-corrected chi connectivity index (χ0v) is 14.5. The van der Waals surface area contributed by atoms with Gasteiger partial charge in [-0.2, -0.15) is 0 Å². The minimum Gasteiger partial charge on any atom is -0.481 e. The normalized spacial score (nSPS) is 23.9. The summed E-state index contributed by atoms with van der Waals surface area (Å²) in [6.07, 6.45) is 3.44. The van der Waals surface area contributed by atoms with Crippen LogP contribution in [0.2, 0.25) is 0 Å². The van der Waals surface area contributed by atoms with Crippen LogP contribution in [0.3, 0.4) is 0 Å². The zero-order chi connectivity index (χ0) is 17.6. The number of rotatable bonds is 5. The predicted octanol–water partition coefficient (Wildman–Crippen LogP) is 2.32. The molecule has 0 atom stereocenters. The Morgan fingerprint density at radius 2 is 1.72 bits per heavy atom. The number of carbonyl (C=O) groups excluding carboxylic acids is 1. The SMILES string of the molecule is O=C(O)CC1CCC(C(=O)Nc2ccc(N3CCNCC3)cc2)CC1. The van der Waals surface area contributed by atoms with E-state index in [1.165, 1.54) is 5.69 Å². The summed E-state index contributed by atoms with van der Waals surface area (Å²) in [5.74, 6) is -0.459. The molecule has 25 heavy (non-hydrogen) atoms. The summed E-state index contributed by atoms with van der Waals surface area (Å²) in [5.41, 5.74) is 2.02. The van der Waals surface area contributed by atoms with Gasteiger partial charge in [0.2, 0.25) is 5.91 Å². The van der Waals surface area contributed by atoms with Crippen molar-refractivity contribution in [1.29, 1.82) is 0 Å². The largest absolute Gasteiger partial charge is 0.481 e. The Labute approximate surface area is 148 Å². The van der Waals surface area contributed by atoms with Gasteiger partial charge in [-0.15, -0.1) is 0 Å². The molecule has 6 nitrogen and oxygen atoms in total. The highest BCUT2D eigenvalue weighted by atomic mass is 16.4. The zero-order valence-electron chi connectivity index (χ0n) is 14.5. The van der Waals surface area contributed by atoms with Gasteiger partial charge in [-0.1, -0.05) is 0 Å². The van der Waals surface area contributed by atoms with Crippen molar-refractivity contribution in [2.75, 3.05) is 36.4 Å². The minimum absolute atomic E-state index is 0.00195. The molecule has 0 unspecified atom stereocenters. The molecule has 1 aromatic rings. The molecule has 0 aromatic heterocycles. The van der Waals surface area contributed by atoms with Gasteiger partial charge in [0.15, 0.2) is 0 Å². The van der Waals surface area contributed by atoms with Crippen LogP contribution >= 0.6 is 0 Å². The van der Waals surface area contributed by atoms with Gasteiger partial charge in [-0.3, -0.25) is 9.59 Å². The highest BCUT2D eigenvalue weighted by Gasteiger charge is 2.27. The van der Waals surface area contributed by atoms with Crippen LogP contribution in [-0.2, 0) is 9.59 Å². The predicted molar refractivity (Wildman–Crippen MR) is 97.9 cm³/mol. The van der Waals surface area contributed by atoms with Crippen molar-refractivity contribution in [2.24, 2.45) is 11.8 Å². The number of hydrogen-bond donors (Lipinski definition) is 3. The molecule has 0 radical (unpaired) electrons. The quantitative estimate of drug-likeness (QED) is 0.763. The Kier molecular flexibility index (Phi) is 5.91. The minimum atomic E-state index is -0.738. The number of aliphatic carboxylic acids is 1. The van der Waals surface area contributed by atoms with Crippen LogP contribution in [0, 0.1) is 11.8 Å². The van der Waals surface area contributed by atoms with Crippen molar-refractivity contribution < 1.29 is 14.7 Å². The van der Waals surface area contributed by atoms with E-state index >= 15 is 0 Å². The first kappa shape index (κ1) is 17.7. The molecule has 6 heteroatoms. The van der Waals surface area contributed by atoms with E-state index in [2.05, 4.69) is 27.7 Å². The van der Waals surface area contributed by atoms with E-state index in [1.807, 2.05) is 12.1 Å². The van der Waals surface area contributed by atoms with Crippen molar-refractivity contribution in [3.8, 4) is 0 Å². The molecule has 1 saturated carbocycles. The Bertz CT molecular complexity index is 588. The second-order valence-corrected chi connectivity index (χ2v) is 7.09. The maximum Gasteiger partial charge on any atom is 0.303 e.